The van der Waals surface area contributed by atoms with E-state index in [1.165, 1.54) is 23.8 Å². The number of para-hydroxylation sites is 1. The van der Waals surface area contributed by atoms with Gasteiger partial charge in [-0.3, -0.25) is 0 Å². The van der Waals surface area contributed by atoms with Crippen LogP contribution in [-0.2, 0) is 11.3 Å². The third kappa shape index (κ3) is 3.34. The molecule has 0 unspecified atom stereocenters. The lowest BCUT2D eigenvalue weighted by atomic mass is 10.1. The number of ether oxygens (including phenoxy) is 1. The molecule has 1 fully saturated rings. The van der Waals surface area contributed by atoms with E-state index in [0.29, 0.717) is 0 Å². The summed E-state index contributed by atoms with van der Waals surface area (Å²) >= 11 is 0. The highest BCUT2D eigenvalue weighted by Crippen LogP contribution is 2.26. The number of anilines is 1. The summed E-state index contributed by atoms with van der Waals surface area (Å²) < 4.78 is 5.09. The highest BCUT2D eigenvalue weighted by molar-refractivity contribution is 5.81. The van der Waals surface area contributed by atoms with Crippen molar-refractivity contribution in [3.05, 3.63) is 35.9 Å². The minimum absolute atomic E-state index is 0.736. The van der Waals surface area contributed by atoms with Crippen LogP contribution in [0.5, 0.6) is 0 Å². The van der Waals surface area contributed by atoms with Gasteiger partial charge in [0.1, 0.15) is 5.82 Å². The van der Waals surface area contributed by atoms with Crippen LogP contribution < -0.4 is 10.2 Å². The van der Waals surface area contributed by atoms with Crippen molar-refractivity contribution in [2.75, 3.05) is 38.3 Å². The van der Waals surface area contributed by atoms with E-state index in [1.807, 2.05) is 0 Å². The van der Waals surface area contributed by atoms with Crippen molar-refractivity contribution < 1.29 is 4.74 Å². The van der Waals surface area contributed by atoms with Crippen LogP contribution in [0.25, 0.3) is 10.9 Å². The molecule has 112 valence electrons. The Labute approximate surface area is 126 Å². The van der Waals surface area contributed by atoms with Crippen molar-refractivity contribution in [1.82, 2.24) is 10.3 Å². The zero-order valence-electron chi connectivity index (χ0n) is 12.6. The van der Waals surface area contributed by atoms with Crippen molar-refractivity contribution in [2.24, 2.45) is 0 Å². The summed E-state index contributed by atoms with van der Waals surface area (Å²) in [4.78, 5) is 7.33. The molecule has 0 saturated carbocycles. The number of benzene rings is 1. The quantitative estimate of drug-likeness (QED) is 0.828. The van der Waals surface area contributed by atoms with Crippen LogP contribution in [0, 0.1) is 0 Å². The summed E-state index contributed by atoms with van der Waals surface area (Å²) in [5.74, 6) is 1.15. The Bertz CT molecular complexity index is 594. The highest BCUT2D eigenvalue weighted by atomic mass is 16.5. The van der Waals surface area contributed by atoms with Crippen LogP contribution in [0.2, 0.25) is 0 Å². The fourth-order valence-electron chi connectivity index (χ4n) is 2.88. The van der Waals surface area contributed by atoms with Gasteiger partial charge in [-0.2, -0.15) is 0 Å². The van der Waals surface area contributed by atoms with Crippen LogP contribution in [0.4, 0.5) is 5.82 Å². The average molecular weight is 285 g/mol. The zero-order valence-corrected chi connectivity index (χ0v) is 12.6. The first-order chi connectivity index (χ1) is 10.4. The van der Waals surface area contributed by atoms with E-state index in [-0.39, 0.29) is 0 Å². The summed E-state index contributed by atoms with van der Waals surface area (Å²) in [7, 11) is 1.73. The molecule has 0 bridgehead atoms. The Morgan fingerprint density at radius 3 is 2.86 bits per heavy atom. The zero-order chi connectivity index (χ0) is 14.5. The van der Waals surface area contributed by atoms with E-state index in [0.717, 1.165) is 44.1 Å². The third-order valence-electron chi connectivity index (χ3n) is 3.98. The van der Waals surface area contributed by atoms with Gasteiger partial charge < -0.3 is 15.0 Å². The summed E-state index contributed by atoms with van der Waals surface area (Å²) in [6, 6.07) is 10.6. The van der Waals surface area contributed by atoms with Gasteiger partial charge in [0.05, 0.1) is 12.1 Å². The van der Waals surface area contributed by atoms with Gasteiger partial charge in [0.25, 0.3) is 0 Å². The van der Waals surface area contributed by atoms with Crippen LogP contribution in [0.1, 0.15) is 18.4 Å². The maximum atomic E-state index is 5.09. The van der Waals surface area contributed by atoms with Crippen LogP contribution in [0.3, 0.4) is 0 Å². The van der Waals surface area contributed by atoms with Gasteiger partial charge in [-0.05, 0) is 25.0 Å². The van der Waals surface area contributed by atoms with E-state index < -0.39 is 0 Å². The second-order valence-corrected chi connectivity index (χ2v) is 5.53. The molecule has 0 spiro atoms. The topological polar surface area (TPSA) is 37.4 Å². The van der Waals surface area contributed by atoms with E-state index in [4.69, 9.17) is 9.72 Å². The van der Waals surface area contributed by atoms with Crippen molar-refractivity contribution in [2.45, 2.75) is 19.4 Å². The van der Waals surface area contributed by atoms with E-state index >= 15 is 0 Å². The van der Waals surface area contributed by atoms with Gasteiger partial charge in [0.15, 0.2) is 0 Å². The number of pyridine rings is 1. The molecule has 3 rings (SSSR count). The second-order valence-electron chi connectivity index (χ2n) is 5.53. The van der Waals surface area contributed by atoms with Crippen LogP contribution in [0.15, 0.2) is 30.3 Å². The summed E-state index contributed by atoms with van der Waals surface area (Å²) in [5, 5.41) is 4.65. The summed E-state index contributed by atoms with van der Waals surface area (Å²) in [5.41, 5.74) is 2.37. The first kappa shape index (κ1) is 14.3. The summed E-state index contributed by atoms with van der Waals surface area (Å²) in [6.07, 6.45) is 2.54. The molecule has 1 aliphatic heterocycles. The highest BCUT2D eigenvalue weighted by Gasteiger charge is 2.17. The Kier molecular flexibility index (Phi) is 4.68. The number of methoxy groups -OCH3 is 1. The predicted octanol–water partition coefficient (Wildman–Crippen LogP) is 2.57. The Hall–Kier alpha value is -1.65. The molecule has 0 aliphatic carbocycles. The molecule has 2 aromatic rings. The Balaban J connectivity index is 1.88. The van der Waals surface area contributed by atoms with Crippen molar-refractivity contribution in [3.63, 3.8) is 0 Å². The fraction of sp³-hybridized carbons (Fsp3) is 0.471. The smallest absolute Gasteiger partial charge is 0.133 e. The average Bonchev–Trinajstić information content (AvgIpc) is 3.05. The van der Waals surface area contributed by atoms with Gasteiger partial charge in [-0.1, -0.05) is 18.2 Å². The fourth-order valence-corrected chi connectivity index (χ4v) is 2.88. The molecule has 1 aliphatic rings. The molecule has 0 radical (unpaired) electrons. The van der Waals surface area contributed by atoms with E-state index in [1.54, 1.807) is 7.11 Å². The largest absolute Gasteiger partial charge is 0.383 e. The van der Waals surface area contributed by atoms with Gasteiger partial charge in [-0.15, -0.1) is 0 Å². The molecule has 1 aromatic heterocycles. The lowest BCUT2D eigenvalue weighted by molar-refractivity contribution is 0.199. The summed E-state index contributed by atoms with van der Waals surface area (Å²) in [6.45, 7) is 4.68. The standard InChI is InChI=1S/C17H23N3O/c1-21-11-8-18-13-15-12-14-6-2-3-7-16(14)19-17(15)20-9-4-5-10-20/h2-3,6-7,12,18H,4-5,8-11,13H2,1H3. The number of aromatic nitrogens is 1. The lowest BCUT2D eigenvalue weighted by Gasteiger charge is -2.21. The normalized spacial score (nSPS) is 15.0. The first-order valence-corrected chi connectivity index (χ1v) is 7.72. The first-order valence-electron chi connectivity index (χ1n) is 7.72. The van der Waals surface area contributed by atoms with Gasteiger partial charge in [0, 0.05) is 44.2 Å². The Morgan fingerprint density at radius 2 is 2.05 bits per heavy atom. The second kappa shape index (κ2) is 6.87. The third-order valence-corrected chi connectivity index (χ3v) is 3.98. The lowest BCUT2D eigenvalue weighted by Crippen LogP contribution is -2.24. The molecule has 0 atom stereocenters. The molecule has 4 nitrogen and oxygen atoms in total. The molecule has 1 saturated heterocycles. The van der Waals surface area contributed by atoms with Gasteiger partial charge >= 0.3 is 0 Å². The number of nitrogens with zero attached hydrogens (tertiary/aromatic N) is 2. The molecule has 0 amide bonds. The minimum Gasteiger partial charge on any atom is -0.383 e. The molecular weight excluding hydrogens is 262 g/mol. The molecule has 1 N–H and O–H groups in total. The number of nitrogens with one attached hydrogen (secondary N) is 1. The maximum Gasteiger partial charge on any atom is 0.133 e. The van der Waals surface area contributed by atoms with E-state index in [9.17, 15) is 0 Å². The molecule has 21 heavy (non-hydrogen) atoms. The number of hydrogen-bond acceptors (Lipinski definition) is 4. The van der Waals surface area contributed by atoms with Crippen molar-refractivity contribution >= 4 is 16.7 Å². The molecular formula is C17H23N3O. The molecule has 4 heteroatoms. The minimum atomic E-state index is 0.736. The number of hydrogen-bond donors (Lipinski definition) is 1. The number of fused-ring (bicyclic) bond motifs is 1. The SMILES string of the molecule is COCCNCc1cc2ccccc2nc1N1CCCC1. The van der Waals surface area contributed by atoms with E-state index in [2.05, 4.69) is 40.5 Å². The maximum absolute atomic E-state index is 5.09. The monoisotopic (exact) mass is 285 g/mol. The molecule has 2 heterocycles. The molecule has 1 aromatic carbocycles. The van der Waals surface area contributed by atoms with Crippen LogP contribution >= 0.6 is 0 Å². The Morgan fingerprint density at radius 1 is 1.24 bits per heavy atom. The van der Waals surface area contributed by atoms with Crippen molar-refractivity contribution in [1.29, 1.82) is 0 Å². The predicted molar refractivity (Wildman–Crippen MR) is 86.8 cm³/mol. The van der Waals surface area contributed by atoms with Crippen molar-refractivity contribution in [3.8, 4) is 0 Å². The van der Waals surface area contributed by atoms with Gasteiger partial charge in [-0.25, -0.2) is 4.98 Å². The number of rotatable bonds is 6. The van der Waals surface area contributed by atoms with Gasteiger partial charge in [0.2, 0.25) is 0 Å². The van der Waals surface area contributed by atoms with Crippen LogP contribution in [-0.4, -0.2) is 38.3 Å².